The average Bonchev–Trinajstić information content (AvgIpc) is 2.76. The van der Waals surface area contributed by atoms with E-state index >= 15 is 0 Å². The molecule has 1 aromatic carbocycles. The van der Waals surface area contributed by atoms with Crippen molar-refractivity contribution in [3.63, 3.8) is 0 Å². The predicted octanol–water partition coefficient (Wildman–Crippen LogP) is 2.80. The van der Waals surface area contributed by atoms with E-state index in [2.05, 4.69) is 42.4 Å². The van der Waals surface area contributed by atoms with Gasteiger partial charge < -0.3 is 25.0 Å². The Morgan fingerprint density at radius 2 is 1.87 bits per heavy atom. The molecule has 0 saturated carbocycles. The summed E-state index contributed by atoms with van der Waals surface area (Å²) in [5, 5.41) is 6.16. The Bertz CT molecular complexity index is 725. The van der Waals surface area contributed by atoms with Crippen LogP contribution in [0.3, 0.4) is 0 Å². The molecule has 1 aliphatic rings. The molecule has 0 atom stereocenters. The van der Waals surface area contributed by atoms with Crippen LogP contribution in [0, 0.1) is 5.92 Å². The Kier molecular flexibility index (Phi) is 8.81. The number of likely N-dealkylation sites (tertiary alicyclic amines) is 1. The summed E-state index contributed by atoms with van der Waals surface area (Å²) in [5.74, 6) is 2.99. The number of piperidine rings is 1. The normalized spacial score (nSPS) is 15.7. The van der Waals surface area contributed by atoms with Gasteiger partial charge in [0.25, 0.3) is 0 Å². The lowest BCUT2D eigenvalue weighted by molar-refractivity contribution is -0.121. The van der Waals surface area contributed by atoms with Crippen LogP contribution in [0.2, 0.25) is 0 Å². The lowest BCUT2D eigenvalue weighted by atomic mass is 9.84. The molecule has 1 fully saturated rings. The van der Waals surface area contributed by atoms with E-state index in [9.17, 15) is 4.79 Å². The molecule has 1 aromatic rings. The van der Waals surface area contributed by atoms with Gasteiger partial charge in [0, 0.05) is 38.5 Å². The molecule has 1 amide bonds. The van der Waals surface area contributed by atoms with Gasteiger partial charge >= 0.3 is 0 Å². The summed E-state index contributed by atoms with van der Waals surface area (Å²) < 4.78 is 10.8. The largest absolute Gasteiger partial charge is 0.493 e. The third kappa shape index (κ3) is 6.28. The second-order valence-electron chi connectivity index (χ2n) is 8.43. The second-order valence-corrected chi connectivity index (χ2v) is 8.43. The van der Waals surface area contributed by atoms with Crippen LogP contribution in [0.25, 0.3) is 0 Å². The second kappa shape index (κ2) is 11.1. The number of carbonyl (C=O) groups excluding carboxylic acids is 1. The molecule has 1 aliphatic heterocycles. The van der Waals surface area contributed by atoms with Crippen molar-refractivity contribution >= 4 is 11.9 Å². The first-order valence-corrected chi connectivity index (χ1v) is 10.8. The number of hydrogen-bond donors (Lipinski definition) is 2. The molecule has 0 radical (unpaired) electrons. The first-order valence-electron chi connectivity index (χ1n) is 10.8. The third-order valence-electron chi connectivity index (χ3n) is 5.79. The molecule has 0 bridgehead atoms. The summed E-state index contributed by atoms with van der Waals surface area (Å²) in [6, 6.07) is 6.06. The predicted molar refractivity (Wildman–Crippen MR) is 122 cm³/mol. The number of methoxy groups -OCH3 is 2. The van der Waals surface area contributed by atoms with Gasteiger partial charge in [-0.2, -0.15) is 0 Å². The Morgan fingerprint density at radius 1 is 1.20 bits per heavy atom. The minimum atomic E-state index is -0.155. The maximum absolute atomic E-state index is 11.7. The Labute approximate surface area is 181 Å². The average molecular weight is 419 g/mol. The molecule has 168 valence electrons. The molecule has 7 heteroatoms. The van der Waals surface area contributed by atoms with Gasteiger partial charge in [0.15, 0.2) is 17.5 Å². The first-order chi connectivity index (χ1) is 14.3. The summed E-state index contributed by atoms with van der Waals surface area (Å²) in [6.07, 6.45) is 2.64. The molecule has 7 nitrogen and oxygen atoms in total. The van der Waals surface area contributed by atoms with Crippen molar-refractivity contribution < 1.29 is 14.3 Å². The number of nitrogens with one attached hydrogen (secondary N) is 2. The number of guanidine groups is 1. The number of amides is 1. The van der Waals surface area contributed by atoms with Crippen LogP contribution in [0.1, 0.15) is 45.6 Å². The topological polar surface area (TPSA) is 75.2 Å². The van der Waals surface area contributed by atoms with E-state index in [0.717, 1.165) is 55.5 Å². The Hall–Kier alpha value is -2.44. The number of rotatable bonds is 8. The van der Waals surface area contributed by atoms with Gasteiger partial charge in [-0.15, -0.1) is 0 Å². The van der Waals surface area contributed by atoms with Crippen molar-refractivity contribution in [2.24, 2.45) is 10.9 Å². The van der Waals surface area contributed by atoms with Gasteiger partial charge in [-0.25, -0.2) is 0 Å². The number of ether oxygens (including phenoxy) is 2. The monoisotopic (exact) mass is 418 g/mol. The Balaban J connectivity index is 2.07. The van der Waals surface area contributed by atoms with Gasteiger partial charge in [-0.1, -0.05) is 19.9 Å². The van der Waals surface area contributed by atoms with Gasteiger partial charge in [-0.05, 0) is 43.4 Å². The maximum Gasteiger partial charge on any atom is 0.220 e. The zero-order valence-electron chi connectivity index (χ0n) is 19.4. The standard InChI is InChI=1S/C23H38N4O3/c1-7-25-22(27-12-10-17(11-13-27)14-21(28)24-4)26-16-23(2,3)18-8-9-19(29-5)20(15-18)30-6/h8-9,15,17H,7,10-14,16H2,1-6H3,(H,24,28)(H,25,26). The van der Waals surface area contributed by atoms with E-state index in [1.165, 1.54) is 0 Å². The van der Waals surface area contributed by atoms with Crippen molar-refractivity contribution in [1.82, 2.24) is 15.5 Å². The zero-order chi connectivity index (χ0) is 22.1. The number of aliphatic imine (C=N–C) groups is 1. The molecular formula is C23H38N4O3. The number of hydrogen-bond acceptors (Lipinski definition) is 4. The van der Waals surface area contributed by atoms with E-state index in [0.29, 0.717) is 18.9 Å². The summed E-state index contributed by atoms with van der Waals surface area (Å²) >= 11 is 0. The number of nitrogens with zero attached hydrogens (tertiary/aromatic N) is 2. The van der Waals surface area contributed by atoms with Crippen LogP contribution in [0.4, 0.5) is 0 Å². The van der Waals surface area contributed by atoms with Crippen LogP contribution in [-0.2, 0) is 10.2 Å². The fourth-order valence-electron chi connectivity index (χ4n) is 3.76. The molecule has 0 aromatic heterocycles. The van der Waals surface area contributed by atoms with Crippen LogP contribution in [-0.4, -0.2) is 64.2 Å². The molecule has 30 heavy (non-hydrogen) atoms. The molecule has 0 unspecified atom stereocenters. The summed E-state index contributed by atoms with van der Waals surface area (Å²) in [4.78, 5) is 18.9. The quantitative estimate of drug-likeness (QED) is 0.502. The lowest BCUT2D eigenvalue weighted by Gasteiger charge is -2.34. The van der Waals surface area contributed by atoms with E-state index in [1.54, 1.807) is 21.3 Å². The lowest BCUT2D eigenvalue weighted by Crippen LogP contribution is -2.46. The molecule has 0 aliphatic carbocycles. The smallest absolute Gasteiger partial charge is 0.220 e. The molecular weight excluding hydrogens is 380 g/mol. The number of benzene rings is 1. The third-order valence-corrected chi connectivity index (χ3v) is 5.79. The van der Waals surface area contributed by atoms with Crippen molar-refractivity contribution in [3.8, 4) is 11.5 Å². The molecule has 1 heterocycles. The van der Waals surface area contributed by atoms with Gasteiger partial charge in [0.2, 0.25) is 5.91 Å². The van der Waals surface area contributed by atoms with Crippen LogP contribution >= 0.6 is 0 Å². The van der Waals surface area contributed by atoms with Crippen LogP contribution < -0.4 is 20.1 Å². The van der Waals surface area contributed by atoms with Gasteiger partial charge in [-0.3, -0.25) is 9.79 Å². The summed E-state index contributed by atoms with van der Waals surface area (Å²) in [7, 11) is 5.00. The van der Waals surface area contributed by atoms with E-state index in [1.807, 2.05) is 12.1 Å². The fraction of sp³-hybridized carbons (Fsp3) is 0.652. The van der Waals surface area contributed by atoms with Crippen molar-refractivity contribution in [1.29, 1.82) is 0 Å². The van der Waals surface area contributed by atoms with Crippen molar-refractivity contribution in [2.75, 3.05) is 47.4 Å². The highest BCUT2D eigenvalue weighted by Gasteiger charge is 2.25. The van der Waals surface area contributed by atoms with Crippen molar-refractivity contribution in [2.45, 2.75) is 45.4 Å². The maximum atomic E-state index is 11.7. The minimum Gasteiger partial charge on any atom is -0.493 e. The molecule has 1 saturated heterocycles. The van der Waals surface area contributed by atoms with Crippen LogP contribution in [0.15, 0.2) is 23.2 Å². The Morgan fingerprint density at radius 3 is 2.43 bits per heavy atom. The zero-order valence-corrected chi connectivity index (χ0v) is 19.4. The summed E-state index contributed by atoms with van der Waals surface area (Å²) in [6.45, 7) is 9.80. The molecule has 0 spiro atoms. The summed E-state index contributed by atoms with van der Waals surface area (Å²) in [5.41, 5.74) is 1.00. The fourth-order valence-corrected chi connectivity index (χ4v) is 3.76. The first kappa shape index (κ1) is 23.8. The molecule has 2 rings (SSSR count). The molecule has 2 N–H and O–H groups in total. The van der Waals surface area contributed by atoms with Crippen molar-refractivity contribution in [3.05, 3.63) is 23.8 Å². The highest BCUT2D eigenvalue weighted by atomic mass is 16.5. The van der Waals surface area contributed by atoms with Gasteiger partial charge in [0.05, 0.1) is 20.8 Å². The number of carbonyl (C=O) groups is 1. The highest BCUT2D eigenvalue weighted by Crippen LogP contribution is 2.33. The van der Waals surface area contributed by atoms with Gasteiger partial charge in [0.1, 0.15) is 0 Å². The SMILES string of the molecule is CCNC(=NCC(C)(C)c1ccc(OC)c(OC)c1)N1CCC(CC(=O)NC)CC1. The minimum absolute atomic E-state index is 0.130. The van der Waals surface area contributed by atoms with E-state index < -0.39 is 0 Å². The van der Waals surface area contributed by atoms with Crippen LogP contribution in [0.5, 0.6) is 11.5 Å². The highest BCUT2D eigenvalue weighted by molar-refractivity contribution is 5.80. The van der Waals surface area contributed by atoms with E-state index in [-0.39, 0.29) is 11.3 Å². The van der Waals surface area contributed by atoms with E-state index in [4.69, 9.17) is 14.5 Å².